The van der Waals surface area contributed by atoms with Crippen molar-refractivity contribution in [1.29, 1.82) is 0 Å². The van der Waals surface area contributed by atoms with Crippen molar-refractivity contribution in [2.24, 2.45) is 0 Å². The first-order chi connectivity index (χ1) is 11.3. The summed E-state index contributed by atoms with van der Waals surface area (Å²) in [6.45, 7) is 8.30. The predicted octanol–water partition coefficient (Wildman–Crippen LogP) is 3.02. The summed E-state index contributed by atoms with van der Waals surface area (Å²) in [5, 5.41) is 0. The normalized spacial score (nSPS) is 39.4. The van der Waals surface area contributed by atoms with Crippen molar-refractivity contribution in [3.63, 3.8) is 0 Å². The first kappa shape index (κ1) is 16.5. The molecule has 1 aromatic rings. The third-order valence-corrected chi connectivity index (χ3v) is 4.84. The number of fused-ring (bicyclic) bond motifs is 2. The van der Waals surface area contributed by atoms with Gasteiger partial charge in [0.05, 0.1) is 18.8 Å². The molecule has 0 amide bonds. The van der Waals surface area contributed by atoms with Crippen LogP contribution in [0.1, 0.15) is 39.7 Å². The number of ether oxygens (including phenoxy) is 5. The van der Waals surface area contributed by atoms with Gasteiger partial charge in [-0.3, -0.25) is 0 Å². The summed E-state index contributed by atoms with van der Waals surface area (Å²) in [6, 6.07) is 10.2. The molecule has 2 aliphatic heterocycles. The van der Waals surface area contributed by atoms with E-state index in [2.05, 4.69) is 12.1 Å². The van der Waals surface area contributed by atoms with E-state index in [1.807, 2.05) is 45.9 Å². The molecule has 1 aromatic carbocycles. The van der Waals surface area contributed by atoms with Crippen LogP contribution in [-0.2, 0) is 30.3 Å². The van der Waals surface area contributed by atoms with Gasteiger partial charge in [0.25, 0.3) is 0 Å². The van der Waals surface area contributed by atoms with E-state index in [1.54, 1.807) is 0 Å². The summed E-state index contributed by atoms with van der Waals surface area (Å²) in [5.74, 6) is -1.20. The summed E-state index contributed by atoms with van der Waals surface area (Å²) in [4.78, 5) is 0. The molecular formula is C19H26O5. The second kappa shape index (κ2) is 5.78. The van der Waals surface area contributed by atoms with Gasteiger partial charge in [-0.15, -0.1) is 0 Å². The van der Waals surface area contributed by atoms with E-state index in [0.717, 1.165) is 12.0 Å². The second-order valence-corrected chi connectivity index (χ2v) is 7.77. The minimum atomic E-state index is -0.599. The van der Waals surface area contributed by atoms with Crippen LogP contribution in [0.15, 0.2) is 30.3 Å². The molecule has 24 heavy (non-hydrogen) atoms. The minimum absolute atomic E-state index is 0.0282. The smallest absolute Gasteiger partial charge is 0.163 e. The van der Waals surface area contributed by atoms with E-state index in [9.17, 15) is 0 Å². The van der Waals surface area contributed by atoms with Gasteiger partial charge in [-0.2, -0.15) is 0 Å². The number of hydrogen-bond donors (Lipinski definition) is 0. The summed E-state index contributed by atoms with van der Waals surface area (Å²) in [5.41, 5.74) is 1.13. The third-order valence-electron chi connectivity index (χ3n) is 4.84. The summed E-state index contributed by atoms with van der Waals surface area (Å²) >= 11 is 0. The lowest BCUT2D eigenvalue weighted by Gasteiger charge is -2.37. The maximum absolute atomic E-state index is 6.27. The molecule has 5 atom stereocenters. The van der Waals surface area contributed by atoms with Crippen molar-refractivity contribution in [3.05, 3.63) is 35.9 Å². The summed E-state index contributed by atoms with van der Waals surface area (Å²) in [6.07, 6.45) is 0.231. The van der Waals surface area contributed by atoms with Crippen molar-refractivity contribution < 1.29 is 23.7 Å². The molecule has 5 nitrogen and oxygen atoms in total. The number of rotatable bonds is 3. The molecule has 5 heteroatoms. The Morgan fingerprint density at radius 1 is 0.875 bits per heavy atom. The van der Waals surface area contributed by atoms with Crippen LogP contribution in [0.5, 0.6) is 0 Å². The van der Waals surface area contributed by atoms with Crippen LogP contribution >= 0.6 is 0 Å². The number of hydrogen-bond acceptors (Lipinski definition) is 5. The van der Waals surface area contributed by atoms with Crippen LogP contribution in [0, 0.1) is 0 Å². The summed E-state index contributed by atoms with van der Waals surface area (Å²) in [7, 11) is 0. The topological polar surface area (TPSA) is 46.2 Å². The van der Waals surface area contributed by atoms with Crippen molar-refractivity contribution in [3.8, 4) is 0 Å². The Labute approximate surface area is 143 Å². The van der Waals surface area contributed by atoms with Crippen molar-refractivity contribution >= 4 is 0 Å². The molecule has 0 N–H and O–H groups in total. The van der Waals surface area contributed by atoms with Gasteiger partial charge in [0.15, 0.2) is 11.6 Å². The highest BCUT2D eigenvalue weighted by Crippen LogP contribution is 2.45. The first-order valence-electron chi connectivity index (χ1n) is 8.70. The van der Waals surface area contributed by atoms with Crippen LogP contribution in [-0.4, -0.2) is 42.1 Å². The van der Waals surface area contributed by atoms with E-state index in [-0.39, 0.29) is 30.5 Å². The van der Waals surface area contributed by atoms with Gasteiger partial charge in [-0.25, -0.2) is 0 Å². The molecule has 0 aromatic heterocycles. The Morgan fingerprint density at radius 3 is 1.96 bits per heavy atom. The molecule has 1 saturated carbocycles. The molecule has 2 heterocycles. The van der Waals surface area contributed by atoms with E-state index >= 15 is 0 Å². The first-order valence-corrected chi connectivity index (χ1v) is 8.70. The zero-order valence-corrected chi connectivity index (χ0v) is 14.7. The minimum Gasteiger partial charge on any atom is -0.368 e. The second-order valence-electron chi connectivity index (χ2n) is 7.77. The lowest BCUT2D eigenvalue weighted by molar-refractivity contribution is -0.190. The highest BCUT2D eigenvalue weighted by atomic mass is 16.8. The van der Waals surface area contributed by atoms with Crippen LogP contribution in [0.4, 0.5) is 0 Å². The quantitative estimate of drug-likeness (QED) is 0.850. The standard InChI is InChI=1S/C19H26O5/c1-18(2)21-13-10-14-16(24-19(3,4)22-14)17(15(13)23-18)20-11-12-8-6-5-7-9-12/h5-9,13-17H,10-11H2,1-4H3/t13-,14-,15+,16?,17+/m1/s1. The maximum atomic E-state index is 6.27. The average Bonchev–Trinajstić information content (AvgIpc) is 2.97. The zero-order valence-electron chi connectivity index (χ0n) is 14.7. The molecule has 1 unspecified atom stereocenters. The SMILES string of the molecule is CC1(C)OC2[C@@H](OCc3ccccc3)[C@H]3OC(C)(C)O[C@@H]3C[C@H]2O1. The van der Waals surface area contributed by atoms with Gasteiger partial charge in [-0.05, 0) is 33.3 Å². The lowest BCUT2D eigenvalue weighted by atomic mass is 9.87. The predicted molar refractivity (Wildman–Crippen MR) is 87.3 cm³/mol. The van der Waals surface area contributed by atoms with Gasteiger partial charge < -0.3 is 23.7 Å². The lowest BCUT2D eigenvalue weighted by Crippen LogP contribution is -2.54. The van der Waals surface area contributed by atoms with Crippen molar-refractivity contribution in [2.75, 3.05) is 0 Å². The Bertz CT molecular complexity index is 555. The Balaban J connectivity index is 1.55. The van der Waals surface area contributed by atoms with Crippen molar-refractivity contribution in [2.45, 2.75) is 82.8 Å². The van der Waals surface area contributed by atoms with Crippen LogP contribution < -0.4 is 0 Å². The molecule has 0 bridgehead atoms. The average molecular weight is 334 g/mol. The van der Waals surface area contributed by atoms with Gasteiger partial charge >= 0.3 is 0 Å². The highest BCUT2D eigenvalue weighted by Gasteiger charge is 2.59. The molecule has 4 rings (SSSR count). The Hall–Kier alpha value is -0.980. The van der Waals surface area contributed by atoms with Crippen LogP contribution in [0.2, 0.25) is 0 Å². The third kappa shape index (κ3) is 3.11. The maximum Gasteiger partial charge on any atom is 0.163 e. The fraction of sp³-hybridized carbons (Fsp3) is 0.684. The van der Waals surface area contributed by atoms with Gasteiger partial charge in [0, 0.05) is 6.42 Å². The molecule has 1 aliphatic carbocycles. The van der Waals surface area contributed by atoms with E-state index in [4.69, 9.17) is 23.7 Å². The highest BCUT2D eigenvalue weighted by molar-refractivity contribution is 5.14. The monoisotopic (exact) mass is 334 g/mol. The molecule has 0 radical (unpaired) electrons. The summed E-state index contributed by atoms with van der Waals surface area (Å²) < 4.78 is 30.7. The van der Waals surface area contributed by atoms with Crippen LogP contribution in [0.25, 0.3) is 0 Å². The van der Waals surface area contributed by atoms with E-state index in [1.165, 1.54) is 0 Å². The molecule has 3 fully saturated rings. The molecule has 0 spiro atoms. The van der Waals surface area contributed by atoms with Gasteiger partial charge in [0.2, 0.25) is 0 Å². The largest absolute Gasteiger partial charge is 0.368 e. The van der Waals surface area contributed by atoms with E-state index in [0.29, 0.717) is 6.61 Å². The fourth-order valence-electron chi connectivity index (χ4n) is 4.02. The van der Waals surface area contributed by atoms with Crippen molar-refractivity contribution in [1.82, 2.24) is 0 Å². The molecule has 132 valence electrons. The molecule has 3 aliphatic rings. The van der Waals surface area contributed by atoms with Gasteiger partial charge in [0.1, 0.15) is 18.3 Å². The van der Waals surface area contributed by atoms with Gasteiger partial charge in [-0.1, -0.05) is 30.3 Å². The molecule has 2 saturated heterocycles. The van der Waals surface area contributed by atoms with E-state index < -0.39 is 11.6 Å². The molecular weight excluding hydrogens is 308 g/mol. The zero-order chi connectivity index (χ0) is 16.9. The fourth-order valence-corrected chi connectivity index (χ4v) is 4.02. The Kier molecular flexibility index (Phi) is 3.97. The Morgan fingerprint density at radius 2 is 1.42 bits per heavy atom. The number of benzene rings is 1. The van der Waals surface area contributed by atoms with Crippen LogP contribution in [0.3, 0.4) is 0 Å².